The van der Waals surface area contributed by atoms with Gasteiger partial charge in [0.25, 0.3) is 6.33 Å². The average Bonchev–Trinajstić information content (AvgIpc) is 4.00. The second-order valence-corrected chi connectivity index (χ2v) is 18.4. The smallest absolute Gasteiger partial charge is 0.268 e. The van der Waals surface area contributed by atoms with Crippen LogP contribution in [0.3, 0.4) is 0 Å². The van der Waals surface area contributed by atoms with E-state index in [0.29, 0.717) is 28.4 Å². The molecule has 0 atom stereocenters. The van der Waals surface area contributed by atoms with E-state index in [1.54, 1.807) is 0 Å². The number of fused-ring (bicyclic) bond motifs is 10. The first kappa shape index (κ1) is 37.8. The summed E-state index contributed by atoms with van der Waals surface area (Å²) in [5.41, 5.74) is 13.9. The van der Waals surface area contributed by atoms with Gasteiger partial charge in [-0.15, -0.1) is 29.7 Å². The Morgan fingerprint density at radius 2 is 1.20 bits per heavy atom. The number of benzene rings is 9. The van der Waals surface area contributed by atoms with Crippen LogP contribution in [0.1, 0.15) is 33.2 Å². The van der Waals surface area contributed by atoms with Gasteiger partial charge in [0.2, 0.25) is 0 Å². The molecule has 0 aliphatic carbocycles. The predicted octanol–water partition coefficient (Wildman–Crippen LogP) is 15.5. The Morgan fingerprint density at radius 3 is 1.97 bits per heavy atom. The standard InChI is InChI=1S/C64H44N4O.Pt/c1-64(2,3)45-34-35-65-61(38-45)68-58-31-15-14-28-54(58)55-33-32-48(40-59(55)68)69-47-23-16-22-46(39-47)66-41-67-62-49(43-20-8-5-9-21-43)29-17-30-56(62)52-26-12-10-24-50(52)51-25-11-13-27-53(51)57-36-44(37-60(66)63(57)67)42-18-6-4-7-19-42;/h4-38H,1-3H3;/q-2;/i5D,8D,9D,20D,21D;. The molecule has 0 amide bonds. The van der Waals surface area contributed by atoms with Gasteiger partial charge in [0.1, 0.15) is 5.82 Å². The van der Waals surface area contributed by atoms with Crippen molar-refractivity contribution in [1.82, 2.24) is 14.1 Å². The number of ether oxygens (including phenoxy) is 1. The van der Waals surface area contributed by atoms with E-state index in [0.717, 1.165) is 83.2 Å². The minimum atomic E-state index is -0.452. The van der Waals surface area contributed by atoms with Crippen LogP contribution >= 0.6 is 0 Å². The first-order valence-electron chi connectivity index (χ1n) is 25.5. The third-order valence-corrected chi connectivity index (χ3v) is 13.2. The topological polar surface area (TPSA) is 35.9 Å². The van der Waals surface area contributed by atoms with E-state index >= 15 is 0 Å². The zero-order valence-corrected chi connectivity index (χ0v) is 40.6. The van der Waals surface area contributed by atoms with Crippen molar-refractivity contribution in [3.05, 3.63) is 236 Å². The van der Waals surface area contributed by atoms with Crippen molar-refractivity contribution >= 4 is 32.8 Å². The molecule has 1 aliphatic heterocycles. The largest absolute Gasteiger partial charge is 0.510 e. The second kappa shape index (κ2) is 17.1. The summed E-state index contributed by atoms with van der Waals surface area (Å²) in [6.45, 7) is 6.60. The fourth-order valence-corrected chi connectivity index (χ4v) is 9.99. The van der Waals surface area contributed by atoms with E-state index in [-0.39, 0.29) is 44.1 Å². The molecule has 9 aromatic carbocycles. The summed E-state index contributed by atoms with van der Waals surface area (Å²) in [7, 11) is 0. The van der Waals surface area contributed by atoms with Gasteiger partial charge in [0, 0.05) is 44.3 Å². The maximum Gasteiger partial charge on any atom is 0.268 e. The van der Waals surface area contributed by atoms with Crippen molar-refractivity contribution in [1.29, 1.82) is 0 Å². The molecular formula is C64H44N4OPt-2. The summed E-state index contributed by atoms with van der Waals surface area (Å²) in [6.07, 6.45) is 5.64. The van der Waals surface area contributed by atoms with E-state index in [2.05, 4.69) is 135 Å². The maximum absolute atomic E-state index is 9.29. The van der Waals surface area contributed by atoms with E-state index in [1.165, 1.54) is 5.56 Å². The fourth-order valence-electron chi connectivity index (χ4n) is 9.99. The SMILES string of the molecule is [2H]c1c([2H])c([2H])c(-c2cccc3c2-[n+]2[c-]n(-c4[c-]c(Oc5[c-]c6c(cc5)c5ccccc5n6-c5cc(C(C)(C)C)ccn5)ccc4)c4cc(-c5ccccc5)cc(c42)-c2ccccc2-c2ccccc2-3)c([2H])c1[2H].[Pt]. The van der Waals surface area contributed by atoms with Crippen LogP contribution in [0.4, 0.5) is 0 Å². The van der Waals surface area contributed by atoms with E-state index < -0.39 is 18.1 Å². The molecule has 1 aliphatic rings. The molecule has 0 radical (unpaired) electrons. The molecule has 5 nitrogen and oxygen atoms in total. The van der Waals surface area contributed by atoms with Gasteiger partial charge in [-0.2, -0.15) is 18.2 Å². The van der Waals surface area contributed by atoms with Crippen molar-refractivity contribution in [2.24, 2.45) is 0 Å². The molecule has 0 N–H and O–H groups in total. The third kappa shape index (κ3) is 7.20. The number of aromatic nitrogens is 4. The third-order valence-electron chi connectivity index (χ3n) is 13.2. The van der Waals surface area contributed by atoms with Crippen molar-refractivity contribution in [2.75, 3.05) is 0 Å². The van der Waals surface area contributed by atoms with E-state index in [4.69, 9.17) is 13.8 Å². The van der Waals surface area contributed by atoms with Crippen molar-refractivity contribution in [3.8, 4) is 84.3 Å². The van der Waals surface area contributed by atoms with Gasteiger partial charge in [-0.3, -0.25) is 4.57 Å². The van der Waals surface area contributed by atoms with Gasteiger partial charge in [-0.05, 0) is 102 Å². The van der Waals surface area contributed by atoms with Gasteiger partial charge < -0.3 is 13.9 Å². The average molecular weight is 1090 g/mol. The van der Waals surface area contributed by atoms with Gasteiger partial charge in [0.15, 0.2) is 0 Å². The molecule has 338 valence electrons. The predicted molar refractivity (Wildman–Crippen MR) is 279 cm³/mol. The Kier molecular flexibility index (Phi) is 9.26. The molecular weight excluding hydrogens is 1040 g/mol. The first-order valence-corrected chi connectivity index (χ1v) is 23.0. The van der Waals surface area contributed by atoms with Crippen LogP contribution in [0.2, 0.25) is 0 Å². The summed E-state index contributed by atoms with van der Waals surface area (Å²) in [5, 5.41) is 2.11. The summed E-state index contributed by atoms with van der Waals surface area (Å²) in [4.78, 5) is 4.87. The number of nitrogens with zero attached hydrogens (tertiary/aromatic N) is 4. The van der Waals surface area contributed by atoms with Crippen molar-refractivity contribution < 1.29 is 37.2 Å². The molecule has 0 saturated heterocycles. The van der Waals surface area contributed by atoms with Crippen LogP contribution in [-0.4, -0.2) is 14.1 Å². The molecule has 0 fully saturated rings. The van der Waals surface area contributed by atoms with Crippen molar-refractivity contribution in [2.45, 2.75) is 26.2 Å². The number of hydrogen-bond donors (Lipinski definition) is 0. The summed E-state index contributed by atoms with van der Waals surface area (Å²) in [6, 6.07) is 64.8. The monoisotopic (exact) mass is 1080 g/mol. The molecule has 6 heteroatoms. The van der Waals surface area contributed by atoms with Crippen LogP contribution in [0, 0.1) is 18.5 Å². The number of rotatable bonds is 6. The quantitative estimate of drug-likeness (QED) is 0.123. The Balaban J connectivity index is 0.00000569. The molecule has 0 saturated carbocycles. The molecule has 0 spiro atoms. The minimum Gasteiger partial charge on any atom is -0.510 e. The Morgan fingerprint density at radius 1 is 0.543 bits per heavy atom. The second-order valence-electron chi connectivity index (χ2n) is 18.4. The number of hydrogen-bond acceptors (Lipinski definition) is 2. The van der Waals surface area contributed by atoms with Crippen LogP contribution in [0.25, 0.3) is 106 Å². The number of pyridine rings is 1. The van der Waals surface area contributed by atoms with Gasteiger partial charge >= 0.3 is 0 Å². The Hall–Kier alpha value is -8.11. The molecule has 3 aromatic heterocycles. The molecule has 0 bridgehead atoms. The minimum absolute atomic E-state index is 0. The van der Waals surface area contributed by atoms with Crippen LogP contribution in [0.5, 0.6) is 11.5 Å². The van der Waals surface area contributed by atoms with Gasteiger partial charge in [0.05, 0.1) is 23.6 Å². The molecule has 12 aromatic rings. The van der Waals surface area contributed by atoms with Gasteiger partial charge in [-0.1, -0.05) is 178 Å². The number of para-hydroxylation sites is 2. The van der Waals surface area contributed by atoms with E-state index in [1.807, 2.05) is 100 Å². The zero-order valence-electron chi connectivity index (χ0n) is 43.3. The summed E-state index contributed by atoms with van der Waals surface area (Å²) < 4.78 is 57.6. The fraction of sp³-hybridized carbons (Fsp3) is 0.0625. The zero-order chi connectivity index (χ0) is 50.6. The van der Waals surface area contributed by atoms with Crippen LogP contribution in [-0.2, 0) is 26.5 Å². The maximum atomic E-state index is 9.29. The van der Waals surface area contributed by atoms with Crippen LogP contribution < -0.4 is 9.30 Å². The number of imidazole rings is 1. The van der Waals surface area contributed by atoms with Crippen LogP contribution in [0.15, 0.2) is 212 Å². The first-order chi connectivity index (χ1) is 35.9. The summed E-state index contributed by atoms with van der Waals surface area (Å²) >= 11 is 0. The molecule has 13 rings (SSSR count). The molecule has 4 heterocycles. The Labute approximate surface area is 428 Å². The van der Waals surface area contributed by atoms with E-state index in [9.17, 15) is 2.74 Å². The van der Waals surface area contributed by atoms with Crippen molar-refractivity contribution in [3.63, 3.8) is 0 Å². The van der Waals surface area contributed by atoms with Gasteiger partial charge in [-0.25, -0.2) is 4.98 Å². The normalized spacial score (nSPS) is 12.8. The summed E-state index contributed by atoms with van der Waals surface area (Å²) in [5.74, 6) is 1.75. The molecule has 70 heavy (non-hydrogen) atoms. The molecule has 0 unspecified atom stereocenters. The Bertz CT molecular complexity index is 4260.